The Morgan fingerprint density at radius 1 is 1.67 bits per heavy atom. The van der Waals surface area contributed by atoms with Crippen LogP contribution < -0.4 is 0 Å². The number of rotatable bonds is 6. The summed E-state index contributed by atoms with van der Waals surface area (Å²) in [5.74, 6) is 0.0657. The predicted octanol–water partition coefficient (Wildman–Crippen LogP) is 2.13. The number of hydrogen-bond donors (Lipinski definition) is 0. The largest absolute Gasteiger partial charge is 0.354 e. The summed E-state index contributed by atoms with van der Waals surface area (Å²) >= 11 is 0. The molecule has 68 valence electrons. The molecular weight excluding hydrogens is 177 g/mol. The van der Waals surface area contributed by atoms with E-state index in [4.69, 9.17) is 12.6 Å². The molecular formula is C7H13BFO2P. The van der Waals surface area contributed by atoms with E-state index in [1.807, 2.05) is 13.8 Å². The van der Waals surface area contributed by atoms with E-state index in [1.165, 1.54) is 0 Å². The van der Waals surface area contributed by atoms with Crippen molar-refractivity contribution in [2.24, 2.45) is 5.92 Å². The molecule has 0 N–H and O–H groups in total. The van der Waals surface area contributed by atoms with Crippen LogP contribution >= 0.6 is 8.46 Å². The van der Waals surface area contributed by atoms with E-state index in [0.29, 0.717) is 12.6 Å². The van der Waals surface area contributed by atoms with Gasteiger partial charge in [0.1, 0.15) is 0 Å². The van der Waals surface area contributed by atoms with Crippen molar-refractivity contribution < 1.29 is 13.7 Å². The third-order valence-electron chi connectivity index (χ3n) is 1.70. The maximum atomic E-state index is 12.2. The summed E-state index contributed by atoms with van der Waals surface area (Å²) in [5.41, 5.74) is 0. The van der Waals surface area contributed by atoms with Crippen LogP contribution in [0.25, 0.3) is 0 Å². The molecule has 0 aromatic carbocycles. The molecule has 3 atom stereocenters. The molecule has 0 amide bonds. The zero-order chi connectivity index (χ0) is 9.56. The molecule has 0 aliphatic carbocycles. The zero-order valence-corrected chi connectivity index (χ0v) is 8.26. The fourth-order valence-electron chi connectivity index (χ4n) is 1.03. The number of hydrogen-bond acceptors (Lipinski definition) is 2. The Hall–Kier alpha value is 0.0549. The first-order chi connectivity index (χ1) is 5.61. The van der Waals surface area contributed by atoms with Gasteiger partial charge in [0, 0.05) is 6.16 Å². The molecule has 0 bridgehead atoms. The molecule has 0 rings (SSSR count). The molecule has 0 aliphatic heterocycles. The topological polar surface area (TPSA) is 26.3 Å². The SMILES string of the molecule is [B]C(F)OC(CC)C(C)CP=O. The normalized spacial score (nSPS) is 18.9. The zero-order valence-electron chi connectivity index (χ0n) is 7.37. The van der Waals surface area contributed by atoms with Crippen LogP contribution in [0.15, 0.2) is 0 Å². The number of alkyl halides is 1. The molecule has 2 nitrogen and oxygen atoms in total. The molecule has 0 fully saturated rings. The highest BCUT2D eigenvalue weighted by Crippen LogP contribution is 2.16. The lowest BCUT2D eigenvalue weighted by Gasteiger charge is -2.22. The lowest BCUT2D eigenvalue weighted by molar-refractivity contribution is -0.0558. The average Bonchev–Trinajstić information content (AvgIpc) is 2.00. The molecule has 0 saturated heterocycles. The first-order valence-electron chi connectivity index (χ1n) is 3.96. The minimum Gasteiger partial charge on any atom is -0.354 e. The van der Waals surface area contributed by atoms with E-state index in [-0.39, 0.29) is 20.5 Å². The van der Waals surface area contributed by atoms with Gasteiger partial charge in [-0.05, 0) is 12.3 Å². The lowest BCUT2D eigenvalue weighted by Crippen LogP contribution is -2.26. The van der Waals surface area contributed by atoms with Gasteiger partial charge in [-0.25, -0.2) is 4.39 Å². The van der Waals surface area contributed by atoms with Crippen molar-refractivity contribution in [1.82, 2.24) is 0 Å². The van der Waals surface area contributed by atoms with E-state index in [0.717, 1.165) is 0 Å². The highest BCUT2D eigenvalue weighted by Gasteiger charge is 2.17. The number of ether oxygens (including phenoxy) is 1. The molecule has 0 aliphatic rings. The standard InChI is InChI=1S/C7H13BFO2P/c1-3-6(11-7(8)9)5(2)4-12-10/h5-7H,3-4H2,1-2H3. The monoisotopic (exact) mass is 190 g/mol. The van der Waals surface area contributed by atoms with Crippen LogP contribution in [0.4, 0.5) is 4.39 Å². The molecule has 0 aromatic heterocycles. The quantitative estimate of drug-likeness (QED) is 0.473. The van der Waals surface area contributed by atoms with Crippen molar-refractivity contribution in [2.45, 2.75) is 32.6 Å². The highest BCUT2D eigenvalue weighted by molar-refractivity contribution is 7.23. The third kappa shape index (κ3) is 4.84. The molecule has 0 aromatic rings. The Morgan fingerprint density at radius 3 is 2.58 bits per heavy atom. The van der Waals surface area contributed by atoms with Gasteiger partial charge in [0.25, 0.3) is 0 Å². The van der Waals surface area contributed by atoms with Gasteiger partial charge in [-0.2, -0.15) is 0 Å². The van der Waals surface area contributed by atoms with Gasteiger partial charge in [0.05, 0.1) is 6.10 Å². The van der Waals surface area contributed by atoms with Crippen LogP contribution in [0.1, 0.15) is 20.3 Å². The summed E-state index contributed by atoms with van der Waals surface area (Å²) in [5, 5.41) is 0. The lowest BCUT2D eigenvalue weighted by atomic mass is 10.0. The average molecular weight is 190 g/mol. The Labute approximate surface area is 75.5 Å². The van der Waals surface area contributed by atoms with Crippen molar-refractivity contribution in [1.29, 1.82) is 0 Å². The summed E-state index contributed by atoms with van der Waals surface area (Å²) in [6.07, 6.45) is -0.827. The summed E-state index contributed by atoms with van der Waals surface area (Å²) in [6.45, 7) is 3.74. The van der Waals surface area contributed by atoms with E-state index < -0.39 is 6.26 Å². The van der Waals surface area contributed by atoms with Crippen LogP contribution in [-0.2, 0) is 9.30 Å². The fourth-order valence-corrected chi connectivity index (χ4v) is 1.51. The summed E-state index contributed by atoms with van der Waals surface area (Å²) in [6, 6.07) is 0. The van der Waals surface area contributed by atoms with Crippen LogP contribution in [-0.4, -0.2) is 26.4 Å². The van der Waals surface area contributed by atoms with E-state index >= 15 is 0 Å². The second-order valence-electron chi connectivity index (χ2n) is 2.72. The van der Waals surface area contributed by atoms with Gasteiger partial charge in [0.2, 0.25) is 0 Å². The van der Waals surface area contributed by atoms with Crippen molar-refractivity contribution in [2.75, 3.05) is 6.16 Å². The third-order valence-corrected chi connectivity index (χ3v) is 2.43. The molecule has 0 saturated carbocycles. The molecule has 12 heavy (non-hydrogen) atoms. The number of halogens is 1. The van der Waals surface area contributed by atoms with Crippen LogP contribution in [0, 0.1) is 5.92 Å². The van der Waals surface area contributed by atoms with Gasteiger partial charge in [0.15, 0.2) is 22.6 Å². The van der Waals surface area contributed by atoms with Crippen molar-refractivity contribution in [3.63, 3.8) is 0 Å². The predicted molar refractivity (Wildman–Crippen MR) is 47.5 cm³/mol. The molecule has 5 heteroatoms. The molecule has 2 radical (unpaired) electrons. The fraction of sp³-hybridized carbons (Fsp3) is 1.00. The maximum Gasteiger partial charge on any atom is 0.157 e. The molecule has 0 heterocycles. The Kier molecular flexibility index (Phi) is 6.59. The van der Waals surface area contributed by atoms with E-state index in [1.54, 1.807) is 0 Å². The van der Waals surface area contributed by atoms with E-state index in [9.17, 15) is 8.96 Å². The summed E-state index contributed by atoms with van der Waals surface area (Å²) in [4.78, 5) is 0. The second kappa shape index (κ2) is 6.56. The van der Waals surface area contributed by atoms with Crippen LogP contribution in [0.5, 0.6) is 0 Å². The smallest absolute Gasteiger partial charge is 0.157 e. The van der Waals surface area contributed by atoms with Crippen LogP contribution in [0.2, 0.25) is 0 Å². The van der Waals surface area contributed by atoms with Gasteiger partial charge in [-0.15, -0.1) is 0 Å². The first kappa shape index (κ1) is 12.1. The Balaban J connectivity index is 3.86. The molecule has 3 unspecified atom stereocenters. The Bertz CT molecular complexity index is 135. The van der Waals surface area contributed by atoms with Crippen molar-refractivity contribution in [3.05, 3.63) is 0 Å². The maximum absolute atomic E-state index is 12.2. The van der Waals surface area contributed by atoms with E-state index in [2.05, 4.69) is 0 Å². The highest BCUT2D eigenvalue weighted by atomic mass is 31.1. The van der Waals surface area contributed by atoms with Gasteiger partial charge in [-0.1, -0.05) is 13.8 Å². The summed E-state index contributed by atoms with van der Waals surface area (Å²) < 4.78 is 27.2. The van der Waals surface area contributed by atoms with Crippen molar-refractivity contribution in [3.8, 4) is 0 Å². The van der Waals surface area contributed by atoms with Crippen molar-refractivity contribution >= 4 is 16.3 Å². The van der Waals surface area contributed by atoms with Gasteiger partial charge >= 0.3 is 0 Å². The van der Waals surface area contributed by atoms with Gasteiger partial charge < -0.3 is 4.74 Å². The summed E-state index contributed by atoms with van der Waals surface area (Å²) in [7, 11) is 4.90. The minimum atomic E-state index is -1.74. The van der Waals surface area contributed by atoms with Crippen LogP contribution in [0.3, 0.4) is 0 Å². The second-order valence-corrected chi connectivity index (χ2v) is 3.35. The molecule has 0 spiro atoms. The minimum absolute atomic E-state index is 0.0623. The first-order valence-corrected chi connectivity index (χ1v) is 4.95. The van der Waals surface area contributed by atoms with Gasteiger partial charge in [-0.3, -0.25) is 4.57 Å². The Morgan fingerprint density at radius 2 is 2.25 bits per heavy atom.